The van der Waals surface area contributed by atoms with Gasteiger partial charge in [0.15, 0.2) is 0 Å². The summed E-state index contributed by atoms with van der Waals surface area (Å²) in [6.07, 6.45) is 5.85. The van der Waals surface area contributed by atoms with Crippen LogP contribution in [-0.2, 0) is 11.2 Å². The van der Waals surface area contributed by atoms with Gasteiger partial charge in [-0.15, -0.1) is 11.5 Å². The Morgan fingerprint density at radius 1 is 1.75 bits per heavy atom. The number of aromatic nitrogens is 3. The molecule has 0 aromatic carbocycles. The van der Waals surface area contributed by atoms with Gasteiger partial charge in [0, 0.05) is 6.42 Å². The van der Waals surface area contributed by atoms with Crippen molar-refractivity contribution in [3.63, 3.8) is 0 Å². The molecule has 0 spiro atoms. The zero-order valence-corrected chi connectivity index (χ0v) is 10.1. The van der Waals surface area contributed by atoms with Gasteiger partial charge in [-0.3, -0.25) is 9.89 Å². The Kier molecular flexibility index (Phi) is 4.86. The molecule has 1 unspecified atom stereocenters. The number of aromatic amines is 1. The van der Waals surface area contributed by atoms with Gasteiger partial charge in [-0.1, -0.05) is 24.6 Å². The molecule has 2 N–H and O–H groups in total. The third-order valence-electron chi connectivity index (χ3n) is 1.86. The lowest BCUT2D eigenvalue weighted by molar-refractivity contribution is -0.120. The van der Waals surface area contributed by atoms with Crippen molar-refractivity contribution < 1.29 is 4.79 Å². The van der Waals surface area contributed by atoms with Crippen molar-refractivity contribution in [2.75, 3.05) is 6.54 Å². The number of thioether (sulfide) groups is 1. The van der Waals surface area contributed by atoms with Crippen molar-refractivity contribution in [1.29, 1.82) is 0 Å². The van der Waals surface area contributed by atoms with Crippen molar-refractivity contribution in [3.05, 3.63) is 5.82 Å². The lowest BCUT2D eigenvalue weighted by Gasteiger charge is -2.07. The van der Waals surface area contributed by atoms with E-state index in [9.17, 15) is 4.79 Å². The highest BCUT2D eigenvalue weighted by atomic mass is 32.2. The van der Waals surface area contributed by atoms with Crippen LogP contribution in [0, 0.1) is 12.3 Å². The van der Waals surface area contributed by atoms with Crippen molar-refractivity contribution in [3.8, 4) is 12.3 Å². The average molecular weight is 238 g/mol. The Morgan fingerprint density at radius 3 is 3.06 bits per heavy atom. The number of rotatable bonds is 5. The molecule has 1 rings (SSSR count). The third kappa shape index (κ3) is 3.59. The minimum Gasteiger partial charge on any atom is -0.344 e. The van der Waals surface area contributed by atoms with Crippen LogP contribution in [0.5, 0.6) is 0 Å². The Bertz CT molecular complexity index is 396. The molecule has 1 atom stereocenters. The molecule has 1 amide bonds. The van der Waals surface area contributed by atoms with E-state index in [1.54, 1.807) is 6.92 Å². The lowest BCUT2D eigenvalue weighted by Crippen LogP contribution is -2.31. The first-order chi connectivity index (χ1) is 7.67. The van der Waals surface area contributed by atoms with E-state index >= 15 is 0 Å². The van der Waals surface area contributed by atoms with Crippen molar-refractivity contribution in [2.24, 2.45) is 0 Å². The van der Waals surface area contributed by atoms with E-state index in [1.807, 2.05) is 6.92 Å². The highest BCUT2D eigenvalue weighted by Crippen LogP contribution is 2.18. The second-order valence-electron chi connectivity index (χ2n) is 3.10. The molecule has 0 bridgehead atoms. The molecule has 1 aromatic heterocycles. The van der Waals surface area contributed by atoms with Gasteiger partial charge >= 0.3 is 0 Å². The van der Waals surface area contributed by atoms with Crippen LogP contribution in [0.3, 0.4) is 0 Å². The molecule has 0 fully saturated rings. The molecule has 0 aliphatic rings. The summed E-state index contributed by atoms with van der Waals surface area (Å²) in [5, 5.41) is 9.73. The molecular weight excluding hydrogens is 224 g/mol. The first-order valence-corrected chi connectivity index (χ1v) is 5.84. The van der Waals surface area contributed by atoms with E-state index in [2.05, 4.69) is 26.4 Å². The molecule has 0 saturated carbocycles. The Morgan fingerprint density at radius 2 is 2.50 bits per heavy atom. The summed E-state index contributed by atoms with van der Waals surface area (Å²) in [5.41, 5.74) is 0. The molecule has 1 heterocycles. The number of amides is 1. The third-order valence-corrected chi connectivity index (χ3v) is 2.82. The quantitative estimate of drug-likeness (QED) is 0.582. The van der Waals surface area contributed by atoms with Crippen LogP contribution in [0.25, 0.3) is 0 Å². The Balaban J connectivity index is 2.47. The lowest BCUT2D eigenvalue weighted by atomic mass is 10.4. The van der Waals surface area contributed by atoms with E-state index < -0.39 is 0 Å². The van der Waals surface area contributed by atoms with Gasteiger partial charge < -0.3 is 5.32 Å². The predicted octanol–water partition coefficient (Wildman–Crippen LogP) is 0.597. The van der Waals surface area contributed by atoms with E-state index in [-0.39, 0.29) is 17.7 Å². The highest BCUT2D eigenvalue weighted by Gasteiger charge is 2.15. The van der Waals surface area contributed by atoms with Crippen LogP contribution in [0.15, 0.2) is 5.16 Å². The zero-order chi connectivity index (χ0) is 12.0. The van der Waals surface area contributed by atoms with Gasteiger partial charge in [-0.25, -0.2) is 4.98 Å². The molecule has 86 valence electrons. The molecule has 5 nitrogen and oxygen atoms in total. The van der Waals surface area contributed by atoms with Crippen LogP contribution in [0.4, 0.5) is 0 Å². The zero-order valence-electron chi connectivity index (χ0n) is 9.28. The monoisotopic (exact) mass is 238 g/mol. The number of nitrogens with zero attached hydrogens (tertiary/aromatic N) is 2. The number of carbonyl (C=O) groups excluding carboxylic acids is 1. The van der Waals surface area contributed by atoms with Gasteiger partial charge in [0.1, 0.15) is 5.82 Å². The van der Waals surface area contributed by atoms with Crippen LogP contribution < -0.4 is 5.32 Å². The number of H-pyrrole nitrogens is 1. The number of terminal acetylenes is 1. The van der Waals surface area contributed by atoms with Crippen LogP contribution in [0.1, 0.15) is 19.7 Å². The summed E-state index contributed by atoms with van der Waals surface area (Å²) >= 11 is 1.30. The average Bonchev–Trinajstić information content (AvgIpc) is 2.73. The van der Waals surface area contributed by atoms with Crippen molar-refractivity contribution >= 4 is 17.7 Å². The Labute approximate surface area is 98.8 Å². The molecule has 1 aromatic rings. The fraction of sp³-hybridized carbons (Fsp3) is 0.500. The minimum atomic E-state index is -0.256. The molecule has 6 heteroatoms. The van der Waals surface area contributed by atoms with Crippen molar-refractivity contribution in [2.45, 2.75) is 30.7 Å². The molecule has 0 radical (unpaired) electrons. The number of hydrogen-bond acceptors (Lipinski definition) is 4. The fourth-order valence-electron chi connectivity index (χ4n) is 0.982. The fourth-order valence-corrected chi connectivity index (χ4v) is 1.75. The molecule has 0 saturated heterocycles. The normalized spacial score (nSPS) is 11.8. The topological polar surface area (TPSA) is 70.7 Å². The second-order valence-corrected chi connectivity index (χ2v) is 4.41. The number of aryl methyl sites for hydroxylation is 1. The minimum absolute atomic E-state index is 0.106. The number of carbonyl (C=O) groups is 1. The van der Waals surface area contributed by atoms with Gasteiger partial charge in [-0.05, 0) is 6.92 Å². The Hall–Kier alpha value is -1.48. The van der Waals surface area contributed by atoms with Crippen LogP contribution in [0.2, 0.25) is 0 Å². The van der Waals surface area contributed by atoms with Crippen LogP contribution >= 0.6 is 11.8 Å². The SMILES string of the molecule is C#CCNC(=O)C(C)Sc1n[nH]c(CC)n1. The number of nitrogens with one attached hydrogen (secondary N) is 2. The first-order valence-electron chi connectivity index (χ1n) is 4.96. The smallest absolute Gasteiger partial charge is 0.234 e. The molecular formula is C10H14N4OS. The van der Waals surface area contributed by atoms with Gasteiger partial charge in [0.25, 0.3) is 0 Å². The molecule has 16 heavy (non-hydrogen) atoms. The van der Waals surface area contributed by atoms with Gasteiger partial charge in [-0.2, -0.15) is 0 Å². The van der Waals surface area contributed by atoms with Gasteiger partial charge in [0.05, 0.1) is 11.8 Å². The maximum Gasteiger partial charge on any atom is 0.234 e. The predicted molar refractivity (Wildman–Crippen MR) is 62.9 cm³/mol. The summed E-state index contributed by atoms with van der Waals surface area (Å²) in [6, 6.07) is 0. The molecule has 0 aliphatic heterocycles. The second kappa shape index (κ2) is 6.18. The van der Waals surface area contributed by atoms with E-state index in [0.29, 0.717) is 5.16 Å². The summed E-state index contributed by atoms with van der Waals surface area (Å²) < 4.78 is 0. The standard InChI is InChI=1S/C10H14N4OS/c1-4-6-11-9(15)7(3)16-10-12-8(5-2)13-14-10/h1,7H,5-6H2,2-3H3,(H,11,15)(H,12,13,14). The summed E-state index contributed by atoms with van der Waals surface area (Å²) in [7, 11) is 0. The number of hydrogen-bond donors (Lipinski definition) is 2. The molecule has 0 aliphatic carbocycles. The first kappa shape index (κ1) is 12.6. The largest absolute Gasteiger partial charge is 0.344 e. The van der Waals surface area contributed by atoms with Gasteiger partial charge in [0.2, 0.25) is 11.1 Å². The highest BCUT2D eigenvalue weighted by molar-refractivity contribution is 8.00. The summed E-state index contributed by atoms with van der Waals surface area (Å²) in [5.74, 6) is 3.06. The maximum atomic E-state index is 11.5. The van der Waals surface area contributed by atoms with E-state index in [4.69, 9.17) is 6.42 Å². The van der Waals surface area contributed by atoms with Crippen LogP contribution in [-0.4, -0.2) is 32.9 Å². The van der Waals surface area contributed by atoms with E-state index in [0.717, 1.165) is 12.2 Å². The summed E-state index contributed by atoms with van der Waals surface area (Å²) in [4.78, 5) is 15.7. The van der Waals surface area contributed by atoms with E-state index in [1.165, 1.54) is 11.8 Å². The maximum absolute atomic E-state index is 11.5. The summed E-state index contributed by atoms with van der Waals surface area (Å²) in [6.45, 7) is 4.02. The van der Waals surface area contributed by atoms with Crippen molar-refractivity contribution in [1.82, 2.24) is 20.5 Å².